The average Bonchev–Trinajstić information content (AvgIpc) is 1.97. The quantitative estimate of drug-likeness (QED) is 0.714. The minimum atomic E-state index is -5.24. The number of carbonyl (C=O) groups is 1. The third-order valence-electron chi connectivity index (χ3n) is 1.19. The van der Waals surface area contributed by atoms with Crippen molar-refractivity contribution in [3.8, 4) is 0 Å². The lowest BCUT2D eigenvalue weighted by atomic mass is 10.5. The minimum Gasteiger partial charge on any atom is -0.300 e. The molecule has 16 heavy (non-hydrogen) atoms. The molecule has 0 aromatic carbocycles. The van der Waals surface area contributed by atoms with Crippen molar-refractivity contribution in [3.05, 3.63) is 0 Å². The second kappa shape index (κ2) is 5.29. The van der Waals surface area contributed by atoms with E-state index in [4.69, 9.17) is 0 Å². The van der Waals surface area contributed by atoms with Crippen molar-refractivity contribution >= 4 is 13.1 Å². The SMILES string of the molecule is CC(C)OP(=O)(OC(C)C)C(=O)C(F)(F)F. The van der Waals surface area contributed by atoms with E-state index in [1.54, 1.807) is 0 Å². The minimum absolute atomic E-state index is 0.809. The Bertz CT molecular complexity index is 284. The molecule has 4 nitrogen and oxygen atoms in total. The van der Waals surface area contributed by atoms with E-state index in [0.717, 1.165) is 0 Å². The van der Waals surface area contributed by atoms with Crippen LogP contribution in [0.4, 0.5) is 13.2 Å². The number of hydrogen-bond acceptors (Lipinski definition) is 4. The van der Waals surface area contributed by atoms with E-state index in [1.807, 2.05) is 0 Å². The molecule has 0 aliphatic carbocycles. The fourth-order valence-corrected chi connectivity index (χ4v) is 2.49. The first-order chi connectivity index (χ1) is 6.99. The summed E-state index contributed by atoms with van der Waals surface area (Å²) in [4.78, 5) is 10.9. The molecular weight excluding hydrogens is 248 g/mol. The zero-order valence-electron chi connectivity index (χ0n) is 9.37. The van der Waals surface area contributed by atoms with Crippen LogP contribution in [0.3, 0.4) is 0 Å². The summed E-state index contributed by atoms with van der Waals surface area (Å²) < 4.78 is 57.2. The Labute approximate surface area is 91.6 Å². The third-order valence-corrected chi connectivity index (χ3v) is 3.34. The Morgan fingerprint density at radius 3 is 1.56 bits per heavy atom. The van der Waals surface area contributed by atoms with Crippen molar-refractivity contribution in [2.24, 2.45) is 0 Å². The molecule has 0 radical (unpaired) electrons. The largest absolute Gasteiger partial charge is 0.462 e. The summed E-state index contributed by atoms with van der Waals surface area (Å²) in [6.07, 6.45) is -6.86. The summed E-state index contributed by atoms with van der Waals surface area (Å²) in [5.41, 5.74) is -2.47. The first-order valence-electron chi connectivity index (χ1n) is 4.57. The van der Waals surface area contributed by atoms with Gasteiger partial charge in [0.05, 0.1) is 12.2 Å². The smallest absolute Gasteiger partial charge is 0.300 e. The summed E-state index contributed by atoms with van der Waals surface area (Å²) in [6, 6.07) is 0. The topological polar surface area (TPSA) is 52.6 Å². The Hall–Kier alpha value is -0.390. The van der Waals surface area contributed by atoms with E-state index in [1.165, 1.54) is 27.7 Å². The van der Waals surface area contributed by atoms with Crippen molar-refractivity contribution in [1.82, 2.24) is 0 Å². The fourth-order valence-electron chi connectivity index (χ4n) is 0.831. The molecule has 0 unspecified atom stereocenters. The van der Waals surface area contributed by atoms with Gasteiger partial charge in [0.25, 0.3) is 0 Å². The highest BCUT2D eigenvalue weighted by Crippen LogP contribution is 2.55. The molecule has 8 heteroatoms. The van der Waals surface area contributed by atoms with Gasteiger partial charge in [-0.25, -0.2) is 0 Å². The molecule has 0 atom stereocenters. The molecule has 0 spiro atoms. The van der Waals surface area contributed by atoms with E-state index in [-0.39, 0.29) is 0 Å². The lowest BCUT2D eigenvalue weighted by Crippen LogP contribution is -2.26. The molecule has 0 saturated carbocycles. The molecule has 0 heterocycles. The van der Waals surface area contributed by atoms with Gasteiger partial charge >= 0.3 is 19.3 Å². The summed E-state index contributed by atoms with van der Waals surface area (Å²) >= 11 is 0. The number of hydrogen-bond donors (Lipinski definition) is 0. The molecule has 0 amide bonds. The molecule has 0 fully saturated rings. The van der Waals surface area contributed by atoms with Crippen LogP contribution < -0.4 is 0 Å². The van der Waals surface area contributed by atoms with E-state index in [9.17, 15) is 22.5 Å². The third kappa shape index (κ3) is 4.63. The van der Waals surface area contributed by atoms with E-state index >= 15 is 0 Å². The van der Waals surface area contributed by atoms with Gasteiger partial charge in [-0.2, -0.15) is 13.2 Å². The lowest BCUT2D eigenvalue weighted by molar-refractivity contribution is -0.164. The first-order valence-corrected chi connectivity index (χ1v) is 6.12. The van der Waals surface area contributed by atoms with Crippen LogP contribution in [0.25, 0.3) is 0 Å². The van der Waals surface area contributed by atoms with Crippen molar-refractivity contribution in [2.75, 3.05) is 0 Å². The van der Waals surface area contributed by atoms with Crippen LogP contribution in [-0.4, -0.2) is 23.9 Å². The Morgan fingerprint density at radius 2 is 1.38 bits per heavy atom. The van der Waals surface area contributed by atoms with Gasteiger partial charge < -0.3 is 9.05 Å². The Balaban J connectivity index is 5.09. The van der Waals surface area contributed by atoms with Crippen molar-refractivity contribution in [1.29, 1.82) is 0 Å². The number of alkyl halides is 3. The van der Waals surface area contributed by atoms with Gasteiger partial charge in [-0.3, -0.25) is 9.36 Å². The van der Waals surface area contributed by atoms with Gasteiger partial charge in [-0.15, -0.1) is 0 Å². The van der Waals surface area contributed by atoms with Crippen LogP contribution in [0, 0.1) is 0 Å². The zero-order chi connectivity index (χ0) is 13.1. The highest BCUT2D eigenvalue weighted by molar-refractivity contribution is 7.72. The summed E-state index contributed by atoms with van der Waals surface area (Å²) in [5.74, 6) is 0. The van der Waals surface area contributed by atoms with Crippen molar-refractivity contribution in [2.45, 2.75) is 46.1 Å². The first kappa shape index (κ1) is 15.6. The van der Waals surface area contributed by atoms with Gasteiger partial charge in [0, 0.05) is 0 Å². The second-order valence-corrected chi connectivity index (χ2v) is 5.43. The van der Waals surface area contributed by atoms with E-state index in [2.05, 4.69) is 9.05 Å². The van der Waals surface area contributed by atoms with Crippen LogP contribution in [0.15, 0.2) is 0 Å². The van der Waals surface area contributed by atoms with Gasteiger partial charge in [0.1, 0.15) is 0 Å². The second-order valence-electron chi connectivity index (χ2n) is 3.61. The van der Waals surface area contributed by atoms with Crippen LogP contribution in [0.1, 0.15) is 27.7 Å². The van der Waals surface area contributed by atoms with Gasteiger partial charge in [0.15, 0.2) is 0 Å². The molecular formula is C8H14F3O4P. The number of halogens is 3. The average molecular weight is 262 g/mol. The van der Waals surface area contributed by atoms with E-state index < -0.39 is 31.5 Å². The zero-order valence-corrected chi connectivity index (χ0v) is 10.3. The highest BCUT2D eigenvalue weighted by atomic mass is 31.2. The summed E-state index contributed by atoms with van der Waals surface area (Å²) in [5, 5.41) is 0. The van der Waals surface area contributed by atoms with Gasteiger partial charge in [-0.1, -0.05) is 0 Å². The fraction of sp³-hybridized carbons (Fsp3) is 0.875. The molecule has 0 rings (SSSR count). The number of carbonyl (C=O) groups excluding carboxylic acids is 1. The summed E-state index contributed by atoms with van der Waals surface area (Å²) in [7, 11) is -4.81. The van der Waals surface area contributed by atoms with Crippen molar-refractivity contribution < 1.29 is 31.6 Å². The molecule has 0 saturated heterocycles. The standard InChI is InChI=1S/C8H14F3O4P/c1-5(2)14-16(13,15-6(3)4)7(12)8(9,10)11/h5-6H,1-4H3. The molecule has 0 N–H and O–H groups in total. The highest BCUT2D eigenvalue weighted by Gasteiger charge is 2.54. The normalized spacial score (nSPS) is 13.6. The maximum absolute atomic E-state index is 12.2. The molecule has 96 valence electrons. The van der Waals surface area contributed by atoms with Gasteiger partial charge in [0.2, 0.25) is 0 Å². The maximum Gasteiger partial charge on any atom is 0.462 e. The predicted octanol–water partition coefficient (Wildman–Crippen LogP) is 3.12. The monoisotopic (exact) mass is 262 g/mol. The van der Waals surface area contributed by atoms with Crippen LogP contribution >= 0.6 is 7.60 Å². The molecule has 0 bridgehead atoms. The molecule has 0 aromatic heterocycles. The Kier molecular flexibility index (Phi) is 5.16. The molecule has 0 aliphatic rings. The maximum atomic E-state index is 12.2. The van der Waals surface area contributed by atoms with Gasteiger partial charge in [-0.05, 0) is 27.7 Å². The van der Waals surface area contributed by atoms with Crippen LogP contribution in [0.2, 0.25) is 0 Å². The number of rotatable bonds is 5. The molecule has 0 aliphatic heterocycles. The summed E-state index contributed by atoms with van der Waals surface area (Å²) in [6.45, 7) is 5.44. The molecule has 0 aromatic rings. The lowest BCUT2D eigenvalue weighted by Gasteiger charge is -2.21. The van der Waals surface area contributed by atoms with Crippen LogP contribution in [-0.2, 0) is 18.4 Å². The van der Waals surface area contributed by atoms with Crippen molar-refractivity contribution in [3.63, 3.8) is 0 Å². The predicted molar refractivity (Wildman–Crippen MR) is 51.1 cm³/mol. The Morgan fingerprint density at radius 1 is 1.06 bits per heavy atom. The van der Waals surface area contributed by atoms with E-state index in [0.29, 0.717) is 0 Å². The van der Waals surface area contributed by atoms with Crippen LogP contribution in [0.5, 0.6) is 0 Å².